The standard InChI is InChI=1S/C12H10FN3/c1-2-12-15-6-7-16(12)11-5-3-4-10(13)9(11)8-14/h3-7H,2H2,1H3. The zero-order valence-corrected chi connectivity index (χ0v) is 8.81. The van der Waals surface area contributed by atoms with Gasteiger partial charge in [-0.05, 0) is 12.1 Å². The number of aromatic nitrogens is 2. The maximum Gasteiger partial charge on any atom is 0.143 e. The molecule has 0 saturated carbocycles. The molecule has 0 radical (unpaired) electrons. The molecule has 4 heteroatoms. The third kappa shape index (κ3) is 1.57. The summed E-state index contributed by atoms with van der Waals surface area (Å²) in [4.78, 5) is 4.15. The molecule has 0 aliphatic heterocycles. The van der Waals surface area contributed by atoms with E-state index < -0.39 is 5.82 Å². The van der Waals surface area contributed by atoms with E-state index in [0.717, 1.165) is 12.2 Å². The maximum atomic E-state index is 13.4. The highest BCUT2D eigenvalue weighted by atomic mass is 19.1. The van der Waals surface area contributed by atoms with E-state index in [1.165, 1.54) is 6.07 Å². The van der Waals surface area contributed by atoms with Crippen molar-refractivity contribution in [1.29, 1.82) is 5.26 Å². The van der Waals surface area contributed by atoms with Gasteiger partial charge in [0.1, 0.15) is 23.3 Å². The fraction of sp³-hybridized carbons (Fsp3) is 0.167. The second kappa shape index (κ2) is 4.15. The number of imidazole rings is 1. The molecule has 0 fully saturated rings. The molecule has 0 spiro atoms. The molecule has 3 nitrogen and oxygen atoms in total. The molecule has 1 aromatic heterocycles. The van der Waals surface area contributed by atoms with E-state index in [-0.39, 0.29) is 5.56 Å². The molecule has 0 aliphatic rings. The molecule has 2 rings (SSSR count). The third-order valence-corrected chi connectivity index (χ3v) is 2.40. The summed E-state index contributed by atoms with van der Waals surface area (Å²) in [5.41, 5.74) is 0.590. The molecule has 80 valence electrons. The number of nitrogens with zero attached hydrogens (tertiary/aromatic N) is 3. The lowest BCUT2D eigenvalue weighted by Crippen LogP contribution is -2.02. The molecule has 2 aromatic rings. The van der Waals surface area contributed by atoms with Crippen LogP contribution in [0.2, 0.25) is 0 Å². The van der Waals surface area contributed by atoms with Crippen LogP contribution in [0, 0.1) is 17.1 Å². The largest absolute Gasteiger partial charge is 0.302 e. The molecule has 0 saturated heterocycles. The Balaban J connectivity index is 2.66. The van der Waals surface area contributed by atoms with Crippen LogP contribution in [-0.2, 0) is 6.42 Å². The Morgan fingerprint density at radius 2 is 2.31 bits per heavy atom. The molecular formula is C12H10FN3. The van der Waals surface area contributed by atoms with Crippen LogP contribution in [0.4, 0.5) is 4.39 Å². The second-order valence-corrected chi connectivity index (χ2v) is 3.31. The van der Waals surface area contributed by atoms with Crippen molar-refractivity contribution in [2.75, 3.05) is 0 Å². The fourth-order valence-electron chi connectivity index (χ4n) is 1.64. The van der Waals surface area contributed by atoms with Crippen molar-refractivity contribution < 1.29 is 4.39 Å². The van der Waals surface area contributed by atoms with Crippen LogP contribution in [-0.4, -0.2) is 9.55 Å². The first kappa shape index (κ1) is 10.4. The first-order chi connectivity index (χ1) is 7.77. The van der Waals surface area contributed by atoms with Crippen LogP contribution in [0.15, 0.2) is 30.6 Å². The Hall–Kier alpha value is -2.15. The third-order valence-electron chi connectivity index (χ3n) is 2.40. The smallest absolute Gasteiger partial charge is 0.143 e. The molecule has 0 bridgehead atoms. The summed E-state index contributed by atoms with van der Waals surface area (Å²) >= 11 is 0. The lowest BCUT2D eigenvalue weighted by atomic mass is 10.2. The number of halogens is 1. The molecule has 0 unspecified atom stereocenters. The summed E-state index contributed by atoms with van der Waals surface area (Å²) in [6, 6.07) is 6.46. The van der Waals surface area contributed by atoms with E-state index in [1.54, 1.807) is 29.1 Å². The molecule has 0 N–H and O–H groups in total. The summed E-state index contributed by atoms with van der Waals surface area (Å²) in [7, 11) is 0. The minimum Gasteiger partial charge on any atom is -0.302 e. The van der Waals surface area contributed by atoms with Gasteiger partial charge in [0.25, 0.3) is 0 Å². The minimum atomic E-state index is -0.504. The van der Waals surface area contributed by atoms with Crippen molar-refractivity contribution in [3.63, 3.8) is 0 Å². The topological polar surface area (TPSA) is 41.6 Å². The Kier molecular flexibility index (Phi) is 2.69. The zero-order valence-electron chi connectivity index (χ0n) is 8.81. The summed E-state index contributed by atoms with van der Waals surface area (Å²) < 4.78 is 15.2. The Bertz CT molecular complexity index is 552. The first-order valence-corrected chi connectivity index (χ1v) is 4.99. The highest BCUT2D eigenvalue weighted by Crippen LogP contribution is 2.18. The van der Waals surface area contributed by atoms with E-state index in [1.807, 2.05) is 13.0 Å². The van der Waals surface area contributed by atoms with Crippen molar-refractivity contribution in [3.8, 4) is 11.8 Å². The van der Waals surface area contributed by atoms with Crippen molar-refractivity contribution in [1.82, 2.24) is 9.55 Å². The predicted octanol–water partition coefficient (Wildman–Crippen LogP) is 2.45. The van der Waals surface area contributed by atoms with Crippen LogP contribution < -0.4 is 0 Å². The quantitative estimate of drug-likeness (QED) is 0.772. The molecule has 0 amide bonds. The maximum absolute atomic E-state index is 13.4. The van der Waals surface area contributed by atoms with E-state index in [0.29, 0.717) is 5.69 Å². The molecule has 16 heavy (non-hydrogen) atoms. The molecule has 1 aromatic carbocycles. The summed E-state index contributed by atoms with van der Waals surface area (Å²) in [5.74, 6) is 0.304. The fourth-order valence-corrected chi connectivity index (χ4v) is 1.64. The van der Waals surface area contributed by atoms with E-state index in [2.05, 4.69) is 4.98 Å². The van der Waals surface area contributed by atoms with Gasteiger partial charge in [-0.2, -0.15) is 5.26 Å². The molecule has 0 aliphatic carbocycles. The van der Waals surface area contributed by atoms with Crippen LogP contribution >= 0.6 is 0 Å². The Morgan fingerprint density at radius 1 is 1.50 bits per heavy atom. The zero-order chi connectivity index (χ0) is 11.5. The lowest BCUT2D eigenvalue weighted by Gasteiger charge is -2.08. The van der Waals surface area contributed by atoms with Crippen molar-refractivity contribution >= 4 is 0 Å². The van der Waals surface area contributed by atoms with Gasteiger partial charge in [0.15, 0.2) is 0 Å². The van der Waals surface area contributed by atoms with Gasteiger partial charge in [-0.3, -0.25) is 0 Å². The Morgan fingerprint density at radius 3 is 3.00 bits per heavy atom. The van der Waals surface area contributed by atoms with Gasteiger partial charge in [-0.1, -0.05) is 13.0 Å². The van der Waals surface area contributed by atoms with Crippen LogP contribution in [0.3, 0.4) is 0 Å². The van der Waals surface area contributed by atoms with Gasteiger partial charge in [0.2, 0.25) is 0 Å². The average Bonchev–Trinajstić information content (AvgIpc) is 2.76. The monoisotopic (exact) mass is 215 g/mol. The number of hydrogen-bond acceptors (Lipinski definition) is 2. The number of rotatable bonds is 2. The SMILES string of the molecule is CCc1nccn1-c1cccc(F)c1C#N. The summed E-state index contributed by atoms with van der Waals surface area (Å²) in [5, 5.41) is 8.94. The van der Waals surface area contributed by atoms with Crippen LogP contribution in [0.1, 0.15) is 18.3 Å². The van der Waals surface area contributed by atoms with E-state index in [4.69, 9.17) is 5.26 Å². The van der Waals surface area contributed by atoms with Gasteiger partial charge in [-0.25, -0.2) is 9.37 Å². The van der Waals surface area contributed by atoms with Crippen LogP contribution in [0.25, 0.3) is 5.69 Å². The van der Waals surface area contributed by atoms with Crippen molar-refractivity contribution in [3.05, 3.63) is 47.8 Å². The molecular weight excluding hydrogens is 205 g/mol. The van der Waals surface area contributed by atoms with E-state index >= 15 is 0 Å². The lowest BCUT2D eigenvalue weighted by molar-refractivity contribution is 0.622. The molecule has 1 heterocycles. The van der Waals surface area contributed by atoms with Gasteiger partial charge < -0.3 is 4.57 Å². The van der Waals surface area contributed by atoms with Crippen molar-refractivity contribution in [2.24, 2.45) is 0 Å². The second-order valence-electron chi connectivity index (χ2n) is 3.31. The summed E-state index contributed by atoms with van der Waals surface area (Å²) in [6.45, 7) is 1.96. The van der Waals surface area contributed by atoms with Gasteiger partial charge in [0, 0.05) is 18.8 Å². The number of aryl methyl sites for hydroxylation is 1. The minimum absolute atomic E-state index is 0.0511. The van der Waals surface area contributed by atoms with Gasteiger partial charge in [-0.15, -0.1) is 0 Å². The van der Waals surface area contributed by atoms with E-state index in [9.17, 15) is 4.39 Å². The average molecular weight is 215 g/mol. The van der Waals surface area contributed by atoms with Gasteiger partial charge in [0.05, 0.1) is 5.69 Å². The highest BCUT2D eigenvalue weighted by molar-refractivity contribution is 5.50. The predicted molar refractivity (Wildman–Crippen MR) is 57.6 cm³/mol. The van der Waals surface area contributed by atoms with Crippen molar-refractivity contribution in [2.45, 2.75) is 13.3 Å². The summed E-state index contributed by atoms with van der Waals surface area (Å²) in [6.07, 6.45) is 4.10. The van der Waals surface area contributed by atoms with Crippen LogP contribution in [0.5, 0.6) is 0 Å². The van der Waals surface area contributed by atoms with Gasteiger partial charge >= 0.3 is 0 Å². The first-order valence-electron chi connectivity index (χ1n) is 4.99. The number of benzene rings is 1. The Labute approximate surface area is 92.8 Å². The number of nitriles is 1. The molecule has 0 atom stereocenters. The number of hydrogen-bond donors (Lipinski definition) is 0. The highest BCUT2D eigenvalue weighted by Gasteiger charge is 2.11. The normalized spacial score (nSPS) is 10.1.